The number of piperidine rings is 1. The van der Waals surface area contributed by atoms with Crippen LogP contribution in [0.1, 0.15) is 65.1 Å². The molecule has 2 N–H and O–H groups in total. The summed E-state index contributed by atoms with van der Waals surface area (Å²) in [5, 5.41) is 2.91. The lowest BCUT2D eigenvalue weighted by molar-refractivity contribution is 0.0906. The number of likely N-dealkylation sites (tertiary alicyclic amines) is 1. The van der Waals surface area contributed by atoms with E-state index < -0.39 is 23.1 Å². The lowest BCUT2D eigenvalue weighted by Crippen LogP contribution is -2.45. The zero-order valence-electron chi connectivity index (χ0n) is 18.3. The standard InChI is InChI=1S/C24H27F2N3O3/c1-24(2)11-20-16(21(30)12-24)10-17(23(32)28-20)22(31)27-15-5-7-29(8-6-15)13-14-3-4-18(25)19(26)9-14/h3-4,9-10,15H,5-8,11-13H2,1-2H3,(H,27,31)(H,28,32). The molecule has 1 amide bonds. The number of hydrogen-bond acceptors (Lipinski definition) is 4. The maximum Gasteiger partial charge on any atom is 0.261 e. The van der Waals surface area contributed by atoms with Crippen LogP contribution in [0.15, 0.2) is 29.1 Å². The normalized spacial score (nSPS) is 18.9. The molecule has 1 saturated heterocycles. The number of carbonyl (C=O) groups is 2. The molecule has 1 fully saturated rings. The van der Waals surface area contributed by atoms with Crippen molar-refractivity contribution >= 4 is 11.7 Å². The van der Waals surface area contributed by atoms with Crippen LogP contribution in [0, 0.1) is 17.0 Å². The first-order chi connectivity index (χ1) is 15.1. The first kappa shape index (κ1) is 22.3. The van der Waals surface area contributed by atoms with E-state index in [1.807, 2.05) is 13.8 Å². The van der Waals surface area contributed by atoms with E-state index in [1.165, 1.54) is 12.1 Å². The Morgan fingerprint density at radius 1 is 1.12 bits per heavy atom. The van der Waals surface area contributed by atoms with Gasteiger partial charge in [-0.3, -0.25) is 19.3 Å². The number of nitrogens with zero attached hydrogens (tertiary/aromatic N) is 1. The third-order valence-electron chi connectivity index (χ3n) is 6.28. The number of hydrogen-bond donors (Lipinski definition) is 2. The largest absolute Gasteiger partial charge is 0.349 e. The number of carbonyl (C=O) groups excluding carboxylic acids is 2. The monoisotopic (exact) mass is 443 g/mol. The summed E-state index contributed by atoms with van der Waals surface area (Å²) in [6, 6.07) is 5.22. The van der Waals surface area contributed by atoms with E-state index in [0.717, 1.165) is 6.07 Å². The van der Waals surface area contributed by atoms with Gasteiger partial charge in [-0.05, 0) is 48.4 Å². The average Bonchev–Trinajstić information content (AvgIpc) is 2.71. The van der Waals surface area contributed by atoms with Crippen LogP contribution in [-0.4, -0.2) is 40.7 Å². The summed E-state index contributed by atoms with van der Waals surface area (Å²) >= 11 is 0. The van der Waals surface area contributed by atoms with Crippen LogP contribution >= 0.6 is 0 Å². The fourth-order valence-corrected chi connectivity index (χ4v) is 4.59. The summed E-state index contributed by atoms with van der Waals surface area (Å²) in [4.78, 5) is 42.6. The quantitative estimate of drug-likeness (QED) is 0.760. The topological polar surface area (TPSA) is 82.3 Å². The number of nitrogens with one attached hydrogen (secondary N) is 2. The number of rotatable bonds is 4. The predicted molar refractivity (Wildman–Crippen MR) is 116 cm³/mol. The van der Waals surface area contributed by atoms with Crippen LogP contribution in [0.4, 0.5) is 8.78 Å². The molecular weight excluding hydrogens is 416 g/mol. The summed E-state index contributed by atoms with van der Waals surface area (Å²) in [5.74, 6) is -2.27. The Kier molecular flexibility index (Phi) is 5.99. The van der Waals surface area contributed by atoms with Crippen molar-refractivity contribution in [3.63, 3.8) is 0 Å². The smallest absolute Gasteiger partial charge is 0.261 e. The predicted octanol–water partition coefficient (Wildman–Crippen LogP) is 3.20. The molecule has 1 aromatic heterocycles. The molecule has 4 rings (SSSR count). The van der Waals surface area contributed by atoms with Crippen LogP contribution < -0.4 is 10.9 Å². The molecule has 1 aliphatic heterocycles. The van der Waals surface area contributed by atoms with Gasteiger partial charge in [0.05, 0.1) is 0 Å². The van der Waals surface area contributed by atoms with E-state index in [-0.39, 0.29) is 22.8 Å². The summed E-state index contributed by atoms with van der Waals surface area (Å²) in [5.41, 5.74) is 0.974. The second-order valence-corrected chi connectivity index (χ2v) is 9.62. The fourth-order valence-electron chi connectivity index (χ4n) is 4.59. The lowest BCUT2D eigenvalue weighted by atomic mass is 9.75. The molecule has 8 heteroatoms. The van der Waals surface area contributed by atoms with Gasteiger partial charge in [0.15, 0.2) is 17.4 Å². The van der Waals surface area contributed by atoms with E-state index >= 15 is 0 Å². The van der Waals surface area contributed by atoms with Crippen molar-refractivity contribution in [3.8, 4) is 0 Å². The van der Waals surface area contributed by atoms with Crippen molar-refractivity contribution in [2.24, 2.45) is 5.41 Å². The molecular formula is C24H27F2N3O3. The van der Waals surface area contributed by atoms with Crippen molar-refractivity contribution in [2.45, 2.75) is 52.1 Å². The Morgan fingerprint density at radius 2 is 1.84 bits per heavy atom. The molecule has 170 valence electrons. The molecule has 0 saturated carbocycles. The minimum Gasteiger partial charge on any atom is -0.349 e. The Balaban J connectivity index is 1.37. The fraction of sp³-hybridized carbons (Fsp3) is 0.458. The Bertz CT molecular complexity index is 1120. The van der Waals surface area contributed by atoms with Crippen LogP contribution in [0.2, 0.25) is 0 Å². The van der Waals surface area contributed by atoms with E-state index in [0.29, 0.717) is 62.1 Å². The van der Waals surface area contributed by atoms with Crippen molar-refractivity contribution in [1.29, 1.82) is 0 Å². The van der Waals surface area contributed by atoms with Gasteiger partial charge in [-0.2, -0.15) is 0 Å². The van der Waals surface area contributed by atoms with Crippen LogP contribution in [-0.2, 0) is 13.0 Å². The summed E-state index contributed by atoms with van der Waals surface area (Å²) in [6.45, 7) is 5.81. The number of amides is 1. The van der Waals surface area contributed by atoms with Gasteiger partial charge in [0.2, 0.25) is 0 Å². The zero-order valence-corrected chi connectivity index (χ0v) is 18.3. The van der Waals surface area contributed by atoms with Crippen LogP contribution in [0.25, 0.3) is 0 Å². The van der Waals surface area contributed by atoms with Gasteiger partial charge in [0.25, 0.3) is 11.5 Å². The van der Waals surface area contributed by atoms with Crippen molar-refractivity contribution in [3.05, 3.63) is 68.6 Å². The average molecular weight is 443 g/mol. The minimum atomic E-state index is -0.863. The van der Waals surface area contributed by atoms with Gasteiger partial charge in [0.1, 0.15) is 5.56 Å². The molecule has 0 atom stereocenters. The third-order valence-corrected chi connectivity index (χ3v) is 6.28. The molecule has 2 heterocycles. The number of pyridine rings is 1. The van der Waals surface area contributed by atoms with E-state index in [9.17, 15) is 23.2 Å². The Morgan fingerprint density at radius 3 is 2.53 bits per heavy atom. The summed E-state index contributed by atoms with van der Waals surface area (Å²) in [7, 11) is 0. The molecule has 2 aromatic rings. The van der Waals surface area contributed by atoms with Gasteiger partial charge in [-0.1, -0.05) is 19.9 Å². The molecule has 0 radical (unpaired) electrons. The summed E-state index contributed by atoms with van der Waals surface area (Å²) in [6.07, 6.45) is 2.31. The summed E-state index contributed by atoms with van der Waals surface area (Å²) < 4.78 is 26.5. The zero-order chi connectivity index (χ0) is 23.0. The molecule has 1 aromatic carbocycles. The van der Waals surface area contributed by atoms with Gasteiger partial charge in [-0.25, -0.2) is 8.78 Å². The van der Waals surface area contributed by atoms with Crippen molar-refractivity contribution < 1.29 is 18.4 Å². The first-order valence-corrected chi connectivity index (χ1v) is 10.9. The SMILES string of the molecule is CC1(C)CC(=O)c2cc(C(=O)NC3CCN(Cc4ccc(F)c(F)c4)CC3)c(=O)[nH]c2C1. The molecule has 2 aliphatic rings. The van der Waals surface area contributed by atoms with Crippen molar-refractivity contribution in [1.82, 2.24) is 15.2 Å². The third kappa shape index (κ3) is 4.80. The number of aromatic amines is 1. The van der Waals surface area contributed by atoms with E-state index in [2.05, 4.69) is 15.2 Å². The number of aromatic nitrogens is 1. The Hall–Kier alpha value is -2.87. The minimum absolute atomic E-state index is 0.0407. The number of halogens is 2. The molecule has 32 heavy (non-hydrogen) atoms. The number of H-pyrrole nitrogens is 1. The highest BCUT2D eigenvalue weighted by molar-refractivity contribution is 6.02. The maximum atomic E-state index is 13.4. The van der Waals surface area contributed by atoms with Crippen molar-refractivity contribution in [2.75, 3.05) is 13.1 Å². The Labute approximate surface area is 185 Å². The molecule has 6 nitrogen and oxygen atoms in total. The number of ketones is 1. The number of Topliss-reactive ketones (excluding diaryl/α,β-unsaturated/α-hetero) is 1. The number of benzene rings is 1. The molecule has 1 aliphatic carbocycles. The van der Waals surface area contributed by atoms with E-state index in [1.54, 1.807) is 6.07 Å². The van der Waals surface area contributed by atoms with Gasteiger partial charge in [0, 0.05) is 43.4 Å². The second-order valence-electron chi connectivity index (χ2n) is 9.62. The molecule has 0 spiro atoms. The first-order valence-electron chi connectivity index (χ1n) is 10.9. The lowest BCUT2D eigenvalue weighted by Gasteiger charge is -2.32. The second kappa shape index (κ2) is 8.58. The molecule has 0 bridgehead atoms. The molecule has 0 unspecified atom stereocenters. The van der Waals surface area contributed by atoms with Crippen LogP contribution in [0.3, 0.4) is 0 Å². The highest BCUT2D eigenvalue weighted by Gasteiger charge is 2.33. The van der Waals surface area contributed by atoms with Gasteiger partial charge >= 0.3 is 0 Å². The van der Waals surface area contributed by atoms with Gasteiger partial charge < -0.3 is 10.3 Å². The van der Waals surface area contributed by atoms with Crippen LogP contribution in [0.5, 0.6) is 0 Å². The van der Waals surface area contributed by atoms with E-state index in [4.69, 9.17) is 0 Å². The highest BCUT2D eigenvalue weighted by atomic mass is 19.2. The van der Waals surface area contributed by atoms with Gasteiger partial charge in [-0.15, -0.1) is 0 Å². The maximum absolute atomic E-state index is 13.4. The highest BCUT2D eigenvalue weighted by Crippen LogP contribution is 2.33. The number of fused-ring (bicyclic) bond motifs is 1.